The molecular weight excluding hydrogens is 615 g/mol. The predicted octanol–water partition coefficient (Wildman–Crippen LogP) is 13.4. The molecule has 0 aliphatic heterocycles. The van der Waals surface area contributed by atoms with Gasteiger partial charge in [-0.1, -0.05) is 127 Å². The fourth-order valence-electron chi connectivity index (χ4n) is 11.4. The fraction of sp³-hybridized carbons (Fsp3) is 0.200. The Morgan fingerprint density at radius 3 is 1.78 bits per heavy atom. The van der Waals surface area contributed by atoms with E-state index in [1.165, 1.54) is 81.9 Å². The number of nitrogens with zero attached hydrogens (tertiary/aromatic N) is 1. The zero-order chi connectivity index (χ0) is 33.5. The zero-order valence-corrected chi connectivity index (χ0v) is 28.9. The van der Waals surface area contributed by atoms with E-state index in [2.05, 4.69) is 169 Å². The van der Waals surface area contributed by atoms with E-state index in [1.807, 2.05) is 0 Å². The molecule has 51 heavy (non-hydrogen) atoms. The average molecular weight is 656 g/mol. The molecule has 0 heterocycles. The molecule has 0 aromatic heterocycles. The van der Waals surface area contributed by atoms with Gasteiger partial charge in [-0.2, -0.15) is 0 Å². The van der Waals surface area contributed by atoms with Crippen LogP contribution < -0.4 is 4.90 Å². The summed E-state index contributed by atoms with van der Waals surface area (Å²) in [5, 5.41) is 2.49. The van der Waals surface area contributed by atoms with Crippen LogP contribution in [-0.2, 0) is 5.41 Å². The lowest BCUT2D eigenvalue weighted by molar-refractivity contribution is -0.0399. The number of hydrogen-bond donors (Lipinski definition) is 0. The highest BCUT2D eigenvalue weighted by Crippen LogP contribution is 2.69. The van der Waals surface area contributed by atoms with Crippen molar-refractivity contribution >= 4 is 27.8 Å². The number of fused-ring (bicyclic) bond motifs is 4. The molecule has 5 aliphatic rings. The summed E-state index contributed by atoms with van der Waals surface area (Å²) in [5.74, 6) is 3.50. The molecule has 0 radical (unpaired) electrons. The van der Waals surface area contributed by atoms with E-state index in [4.69, 9.17) is 0 Å². The second-order valence-electron chi connectivity index (χ2n) is 15.8. The molecule has 7 aromatic carbocycles. The van der Waals surface area contributed by atoms with Crippen LogP contribution in [0, 0.1) is 23.7 Å². The van der Waals surface area contributed by atoms with Gasteiger partial charge in [0, 0.05) is 22.4 Å². The molecule has 12 rings (SSSR count). The standard InChI is InChI=1S/C50H41N/c1-2-11-37(12-3-1)44-14-7-9-17-49(44)51(43-24-20-35-10-4-5-13-38(35)31-43)42-22-18-36(19-23-42)39-21-25-48-46(32-39)45-15-6-8-16-47(45)50(48)40-27-33-26-34(29-40)30-41(50)28-33/h1-25,31-34,40-41H,26-30H2. The van der Waals surface area contributed by atoms with Crippen molar-refractivity contribution in [3.63, 3.8) is 0 Å². The normalized spacial score (nSPS) is 23.8. The Morgan fingerprint density at radius 2 is 1.00 bits per heavy atom. The second-order valence-corrected chi connectivity index (χ2v) is 15.8. The highest BCUT2D eigenvalue weighted by molar-refractivity contribution is 5.93. The van der Waals surface area contributed by atoms with E-state index >= 15 is 0 Å². The van der Waals surface area contributed by atoms with Crippen molar-refractivity contribution in [2.75, 3.05) is 4.90 Å². The van der Waals surface area contributed by atoms with Gasteiger partial charge >= 0.3 is 0 Å². The molecule has 0 saturated heterocycles. The Balaban J connectivity index is 1.02. The van der Waals surface area contributed by atoms with E-state index in [-0.39, 0.29) is 5.41 Å². The third-order valence-electron chi connectivity index (χ3n) is 13.2. The average Bonchev–Trinajstić information content (AvgIpc) is 3.48. The Kier molecular flexibility index (Phi) is 6.50. The Morgan fingerprint density at radius 1 is 0.392 bits per heavy atom. The van der Waals surface area contributed by atoms with Crippen LogP contribution in [0.25, 0.3) is 44.2 Å². The first kappa shape index (κ1) is 29.3. The van der Waals surface area contributed by atoms with Crippen LogP contribution in [-0.4, -0.2) is 0 Å². The molecule has 7 aromatic rings. The van der Waals surface area contributed by atoms with Gasteiger partial charge < -0.3 is 4.90 Å². The maximum Gasteiger partial charge on any atom is 0.0540 e. The molecule has 246 valence electrons. The van der Waals surface area contributed by atoms with Crippen molar-refractivity contribution in [2.24, 2.45) is 23.7 Å². The molecule has 1 nitrogen and oxygen atoms in total. The van der Waals surface area contributed by atoms with Crippen LogP contribution in [0.1, 0.15) is 43.2 Å². The van der Waals surface area contributed by atoms with Crippen LogP contribution in [0.15, 0.2) is 164 Å². The Bertz CT molecular complexity index is 2410. The predicted molar refractivity (Wildman–Crippen MR) is 213 cm³/mol. The van der Waals surface area contributed by atoms with Gasteiger partial charge in [-0.15, -0.1) is 0 Å². The van der Waals surface area contributed by atoms with E-state index in [0.29, 0.717) is 0 Å². The summed E-state index contributed by atoms with van der Waals surface area (Å²) in [4.78, 5) is 2.42. The van der Waals surface area contributed by atoms with Crippen LogP contribution >= 0.6 is 0 Å². The molecule has 0 unspecified atom stereocenters. The Labute approximate surface area is 301 Å². The summed E-state index contributed by atoms with van der Waals surface area (Å²) >= 11 is 0. The largest absolute Gasteiger partial charge is 0.310 e. The maximum absolute atomic E-state index is 2.54. The van der Waals surface area contributed by atoms with Gasteiger partial charge in [-0.05, 0) is 142 Å². The lowest BCUT2D eigenvalue weighted by Crippen LogP contribution is -2.55. The van der Waals surface area contributed by atoms with E-state index in [0.717, 1.165) is 35.0 Å². The Hall–Kier alpha value is -5.40. The van der Waals surface area contributed by atoms with Crippen LogP contribution in [0.4, 0.5) is 17.1 Å². The molecule has 4 fully saturated rings. The summed E-state index contributed by atoms with van der Waals surface area (Å²) in [5.41, 5.74) is 14.9. The summed E-state index contributed by atoms with van der Waals surface area (Å²) in [6.07, 6.45) is 7.18. The number of anilines is 3. The third kappa shape index (κ3) is 4.40. The second kappa shape index (κ2) is 11.3. The van der Waals surface area contributed by atoms with Gasteiger partial charge in [0.15, 0.2) is 0 Å². The van der Waals surface area contributed by atoms with Crippen molar-refractivity contribution < 1.29 is 0 Å². The quantitative estimate of drug-likeness (QED) is 0.178. The van der Waals surface area contributed by atoms with Crippen molar-refractivity contribution in [1.82, 2.24) is 0 Å². The van der Waals surface area contributed by atoms with Gasteiger partial charge in [0.2, 0.25) is 0 Å². The van der Waals surface area contributed by atoms with Crippen molar-refractivity contribution in [3.8, 4) is 33.4 Å². The van der Waals surface area contributed by atoms with Crippen molar-refractivity contribution in [1.29, 1.82) is 0 Å². The molecular formula is C50H41N. The number of benzene rings is 7. The monoisotopic (exact) mass is 655 g/mol. The molecule has 0 N–H and O–H groups in total. The summed E-state index contributed by atoms with van der Waals surface area (Å²) in [6.45, 7) is 0. The molecule has 0 amide bonds. The van der Waals surface area contributed by atoms with Gasteiger partial charge in [-0.25, -0.2) is 0 Å². The van der Waals surface area contributed by atoms with Gasteiger partial charge in [0.05, 0.1) is 5.69 Å². The van der Waals surface area contributed by atoms with Crippen molar-refractivity contribution in [3.05, 3.63) is 175 Å². The minimum absolute atomic E-state index is 0.217. The van der Waals surface area contributed by atoms with Crippen LogP contribution in [0.3, 0.4) is 0 Å². The lowest BCUT2D eigenvalue weighted by Gasteiger charge is -2.61. The van der Waals surface area contributed by atoms with Crippen LogP contribution in [0.5, 0.6) is 0 Å². The fourth-order valence-corrected chi connectivity index (χ4v) is 11.4. The first-order chi connectivity index (χ1) is 25.2. The first-order valence-corrected chi connectivity index (χ1v) is 19.0. The minimum atomic E-state index is 0.217. The number of hydrogen-bond acceptors (Lipinski definition) is 1. The molecule has 1 spiro atoms. The summed E-state index contributed by atoms with van der Waals surface area (Å²) in [7, 11) is 0. The number of para-hydroxylation sites is 1. The highest BCUT2D eigenvalue weighted by atomic mass is 15.1. The van der Waals surface area contributed by atoms with Crippen LogP contribution in [0.2, 0.25) is 0 Å². The van der Waals surface area contributed by atoms with E-state index < -0.39 is 0 Å². The zero-order valence-electron chi connectivity index (χ0n) is 28.9. The van der Waals surface area contributed by atoms with E-state index in [9.17, 15) is 0 Å². The molecule has 5 aliphatic carbocycles. The maximum atomic E-state index is 2.54. The van der Waals surface area contributed by atoms with Gasteiger partial charge in [-0.3, -0.25) is 0 Å². The number of rotatable bonds is 5. The molecule has 4 bridgehead atoms. The first-order valence-electron chi connectivity index (χ1n) is 19.0. The molecule has 4 saturated carbocycles. The minimum Gasteiger partial charge on any atom is -0.310 e. The highest BCUT2D eigenvalue weighted by Gasteiger charge is 2.61. The van der Waals surface area contributed by atoms with Gasteiger partial charge in [0.25, 0.3) is 0 Å². The lowest BCUT2D eigenvalue weighted by atomic mass is 9.43. The third-order valence-corrected chi connectivity index (χ3v) is 13.2. The topological polar surface area (TPSA) is 3.24 Å². The summed E-state index contributed by atoms with van der Waals surface area (Å²) < 4.78 is 0. The molecule has 1 heteroatoms. The van der Waals surface area contributed by atoms with Gasteiger partial charge in [0.1, 0.15) is 0 Å². The SMILES string of the molecule is c1ccc(-c2ccccc2N(c2ccc(-c3ccc4c(c3)-c3ccccc3C43C4CC5CC(C4)CC3C5)cc2)c2ccc3ccccc3c2)cc1. The summed E-state index contributed by atoms with van der Waals surface area (Å²) in [6, 6.07) is 61.3. The van der Waals surface area contributed by atoms with E-state index in [1.54, 1.807) is 11.1 Å². The smallest absolute Gasteiger partial charge is 0.0540 e. The van der Waals surface area contributed by atoms with Crippen molar-refractivity contribution in [2.45, 2.75) is 37.5 Å². The molecule has 0 atom stereocenters.